The highest BCUT2D eigenvalue weighted by atomic mass is 32.2. The van der Waals surface area contributed by atoms with Crippen molar-refractivity contribution in [3.8, 4) is 0 Å². The van der Waals surface area contributed by atoms with Crippen LogP contribution in [0.2, 0.25) is 0 Å². The molecule has 22 heavy (non-hydrogen) atoms. The molecule has 1 aliphatic carbocycles. The van der Waals surface area contributed by atoms with Gasteiger partial charge in [-0.15, -0.1) is 0 Å². The van der Waals surface area contributed by atoms with Crippen molar-refractivity contribution in [2.75, 3.05) is 13.7 Å². The Morgan fingerprint density at radius 2 is 2.36 bits per heavy atom. The Morgan fingerprint density at radius 3 is 3.18 bits per heavy atom. The van der Waals surface area contributed by atoms with E-state index in [1.807, 2.05) is 24.4 Å². The van der Waals surface area contributed by atoms with Crippen LogP contribution in [0.25, 0.3) is 11.0 Å². The predicted molar refractivity (Wildman–Crippen MR) is 92.4 cm³/mol. The zero-order chi connectivity index (χ0) is 15.4. The van der Waals surface area contributed by atoms with Crippen molar-refractivity contribution in [2.45, 2.75) is 12.8 Å². The number of hydrogen-bond acceptors (Lipinski definition) is 4. The minimum absolute atomic E-state index is 0.641. The molecule has 5 heteroatoms. The summed E-state index contributed by atoms with van der Waals surface area (Å²) in [5.74, 6) is 0.964. The number of hydrogen-bond donors (Lipinski definition) is 1. The number of nitrogens with two attached hydrogens (primary N) is 1. The maximum Gasteiger partial charge on any atom is 0.150 e. The van der Waals surface area contributed by atoms with Gasteiger partial charge in [0.2, 0.25) is 0 Å². The zero-order valence-electron chi connectivity index (χ0n) is 12.5. The molecule has 0 aromatic carbocycles. The number of ether oxygens (including phenoxy) is 1. The summed E-state index contributed by atoms with van der Waals surface area (Å²) in [5.41, 5.74) is 7.94. The summed E-state index contributed by atoms with van der Waals surface area (Å²) in [6.07, 6.45) is 13.9. The number of rotatable bonds is 5. The molecule has 114 valence electrons. The van der Waals surface area contributed by atoms with Crippen molar-refractivity contribution in [1.29, 1.82) is 0 Å². The molecular formula is C17H19N3OS. The molecule has 4 nitrogen and oxygen atoms in total. The fourth-order valence-electron chi connectivity index (χ4n) is 2.44. The number of aromatic nitrogens is 2. The van der Waals surface area contributed by atoms with E-state index in [1.165, 1.54) is 15.9 Å². The summed E-state index contributed by atoms with van der Waals surface area (Å²) in [6.45, 7) is 0.641. The second-order valence-corrected chi connectivity index (χ2v) is 6.04. The Labute approximate surface area is 134 Å². The predicted octanol–water partition coefficient (Wildman–Crippen LogP) is 3.41. The molecule has 3 rings (SSSR count). The fraction of sp³-hybridized carbons (Fsp3) is 0.235. The lowest BCUT2D eigenvalue weighted by Gasteiger charge is -2.04. The molecule has 0 atom stereocenters. The average molecular weight is 313 g/mol. The molecule has 0 amide bonds. The van der Waals surface area contributed by atoms with Gasteiger partial charge in [-0.3, -0.25) is 3.97 Å². The SMILES string of the molecule is COC1=CC=CC(Sn2cc(CCN)c3cccnc32)=CC1. The van der Waals surface area contributed by atoms with E-state index in [0.29, 0.717) is 6.54 Å². The number of nitrogens with zero attached hydrogens (tertiary/aromatic N) is 2. The number of fused-ring (bicyclic) bond motifs is 1. The molecule has 2 N–H and O–H groups in total. The molecule has 0 radical (unpaired) electrons. The maximum atomic E-state index is 5.72. The Hall–Kier alpha value is -1.98. The Bertz CT molecular complexity index is 758. The van der Waals surface area contributed by atoms with Gasteiger partial charge in [-0.2, -0.15) is 0 Å². The summed E-state index contributed by atoms with van der Waals surface area (Å²) in [4.78, 5) is 5.69. The average Bonchev–Trinajstić information content (AvgIpc) is 2.73. The first-order valence-corrected chi connectivity index (χ1v) is 8.04. The quantitative estimate of drug-likeness (QED) is 0.919. The van der Waals surface area contributed by atoms with Gasteiger partial charge in [0.05, 0.1) is 12.9 Å². The Morgan fingerprint density at radius 1 is 1.45 bits per heavy atom. The van der Waals surface area contributed by atoms with Gasteiger partial charge >= 0.3 is 0 Å². The maximum absolute atomic E-state index is 5.72. The molecule has 0 saturated heterocycles. The van der Waals surface area contributed by atoms with E-state index < -0.39 is 0 Å². The van der Waals surface area contributed by atoms with Crippen LogP contribution in [0.4, 0.5) is 0 Å². The molecule has 0 unspecified atom stereocenters. The number of methoxy groups -OCH3 is 1. The van der Waals surface area contributed by atoms with Gasteiger partial charge in [0.25, 0.3) is 0 Å². The summed E-state index contributed by atoms with van der Waals surface area (Å²) in [5, 5.41) is 1.18. The van der Waals surface area contributed by atoms with Crippen LogP contribution in [0.3, 0.4) is 0 Å². The minimum Gasteiger partial charge on any atom is -0.501 e. The van der Waals surface area contributed by atoms with Crippen molar-refractivity contribution in [3.63, 3.8) is 0 Å². The molecular weight excluding hydrogens is 294 g/mol. The van der Waals surface area contributed by atoms with Gasteiger partial charge in [-0.25, -0.2) is 4.98 Å². The van der Waals surface area contributed by atoms with Gasteiger partial charge in [0.1, 0.15) is 5.65 Å². The molecule has 2 heterocycles. The molecule has 2 aromatic heterocycles. The van der Waals surface area contributed by atoms with E-state index in [1.54, 1.807) is 19.1 Å². The molecule has 1 aliphatic rings. The van der Waals surface area contributed by atoms with Gasteiger partial charge in [0.15, 0.2) is 0 Å². The van der Waals surface area contributed by atoms with E-state index >= 15 is 0 Å². The summed E-state index contributed by atoms with van der Waals surface area (Å²) in [7, 11) is 1.70. The highest BCUT2D eigenvalue weighted by Gasteiger charge is 2.11. The van der Waals surface area contributed by atoms with Gasteiger partial charge in [0, 0.05) is 29.1 Å². The lowest BCUT2D eigenvalue weighted by molar-refractivity contribution is 0.285. The van der Waals surface area contributed by atoms with E-state index in [9.17, 15) is 0 Å². The Kier molecular flexibility index (Phi) is 4.65. The van der Waals surface area contributed by atoms with Crippen molar-refractivity contribution in [1.82, 2.24) is 8.96 Å². The van der Waals surface area contributed by atoms with Gasteiger partial charge < -0.3 is 10.5 Å². The highest BCUT2D eigenvalue weighted by molar-refractivity contribution is 8.02. The van der Waals surface area contributed by atoms with E-state index in [4.69, 9.17) is 10.5 Å². The number of allylic oxidation sites excluding steroid dienone is 4. The van der Waals surface area contributed by atoms with E-state index in [2.05, 4.69) is 33.4 Å². The monoisotopic (exact) mass is 313 g/mol. The van der Waals surface area contributed by atoms with Crippen molar-refractivity contribution in [3.05, 3.63) is 65.1 Å². The molecule has 0 bridgehead atoms. The highest BCUT2D eigenvalue weighted by Crippen LogP contribution is 2.30. The van der Waals surface area contributed by atoms with Crippen molar-refractivity contribution < 1.29 is 4.74 Å². The topological polar surface area (TPSA) is 53.1 Å². The van der Waals surface area contributed by atoms with Crippen molar-refractivity contribution in [2.24, 2.45) is 5.73 Å². The van der Waals surface area contributed by atoms with Crippen LogP contribution in [0.15, 0.2) is 59.5 Å². The van der Waals surface area contributed by atoms with Crippen LogP contribution in [0, 0.1) is 0 Å². The summed E-state index contributed by atoms with van der Waals surface area (Å²) >= 11 is 1.67. The third-order valence-electron chi connectivity index (χ3n) is 3.54. The molecule has 0 fully saturated rings. The third kappa shape index (κ3) is 3.10. The zero-order valence-corrected chi connectivity index (χ0v) is 13.3. The van der Waals surface area contributed by atoms with Crippen molar-refractivity contribution >= 4 is 23.0 Å². The van der Waals surface area contributed by atoms with Crippen LogP contribution >= 0.6 is 11.9 Å². The fourth-order valence-corrected chi connectivity index (χ4v) is 3.38. The lowest BCUT2D eigenvalue weighted by atomic mass is 10.2. The molecule has 0 spiro atoms. The normalized spacial score (nSPS) is 14.6. The van der Waals surface area contributed by atoms with Crippen LogP contribution in [0.5, 0.6) is 0 Å². The molecule has 2 aromatic rings. The standard InChI is InChI=1S/C17H19N3OS/c1-21-14-4-2-5-15(8-7-14)22-20-12-13(9-10-18)16-6-3-11-19-17(16)20/h2-6,8,11-12H,7,9-10,18H2,1H3. The minimum atomic E-state index is 0.641. The van der Waals surface area contributed by atoms with Crippen LogP contribution < -0.4 is 5.73 Å². The summed E-state index contributed by atoms with van der Waals surface area (Å²) < 4.78 is 7.42. The van der Waals surface area contributed by atoms with Crippen LogP contribution in [-0.4, -0.2) is 22.6 Å². The smallest absolute Gasteiger partial charge is 0.150 e. The second-order valence-electron chi connectivity index (χ2n) is 4.99. The first-order chi connectivity index (χ1) is 10.8. The van der Waals surface area contributed by atoms with Crippen LogP contribution in [-0.2, 0) is 11.2 Å². The second kappa shape index (κ2) is 6.85. The Balaban J connectivity index is 1.90. The molecule has 0 aliphatic heterocycles. The lowest BCUT2D eigenvalue weighted by Crippen LogP contribution is -2.01. The third-order valence-corrected chi connectivity index (χ3v) is 4.53. The first-order valence-electron chi connectivity index (χ1n) is 7.26. The van der Waals surface area contributed by atoms with Gasteiger partial charge in [-0.05, 0) is 54.8 Å². The molecule has 0 saturated carbocycles. The summed E-state index contributed by atoms with van der Waals surface area (Å²) in [6, 6.07) is 4.07. The number of pyridine rings is 1. The van der Waals surface area contributed by atoms with E-state index in [-0.39, 0.29) is 0 Å². The van der Waals surface area contributed by atoms with E-state index in [0.717, 1.165) is 24.2 Å². The first kappa shape index (κ1) is 14.9. The largest absolute Gasteiger partial charge is 0.501 e. The van der Waals surface area contributed by atoms with Crippen LogP contribution in [0.1, 0.15) is 12.0 Å². The van der Waals surface area contributed by atoms with Gasteiger partial charge in [-0.1, -0.05) is 12.2 Å².